The Hall–Kier alpha value is -2.31. The van der Waals surface area contributed by atoms with E-state index >= 15 is 0 Å². The molecule has 1 aliphatic carbocycles. The molecule has 2 aliphatic rings. The van der Waals surface area contributed by atoms with Crippen LogP contribution in [0.4, 0.5) is 5.69 Å². The van der Waals surface area contributed by atoms with Crippen LogP contribution in [0.5, 0.6) is 11.5 Å². The lowest BCUT2D eigenvalue weighted by Crippen LogP contribution is -2.48. The van der Waals surface area contributed by atoms with Crippen LogP contribution in [-0.4, -0.2) is 34.6 Å². The maximum absolute atomic E-state index is 13.5. The summed E-state index contributed by atoms with van der Waals surface area (Å²) in [6, 6.07) is 13.5. The molecular formula is C24H27ClN2O3S. The minimum absolute atomic E-state index is 0.0281. The highest BCUT2D eigenvalue weighted by molar-refractivity contribution is 8.05. The molecule has 2 aromatic carbocycles. The van der Waals surface area contributed by atoms with Gasteiger partial charge in [0.2, 0.25) is 0 Å². The zero-order chi connectivity index (χ0) is 22.0. The molecule has 1 heterocycles. The number of phenols is 1. The van der Waals surface area contributed by atoms with Gasteiger partial charge in [-0.15, -0.1) is 0 Å². The fourth-order valence-corrected chi connectivity index (χ4v) is 5.78. The van der Waals surface area contributed by atoms with Crippen molar-refractivity contribution < 1.29 is 14.6 Å². The first-order valence-electron chi connectivity index (χ1n) is 10.6. The first-order valence-corrected chi connectivity index (χ1v) is 11.8. The van der Waals surface area contributed by atoms with Gasteiger partial charge >= 0.3 is 0 Å². The second-order valence-electron chi connectivity index (χ2n) is 8.08. The van der Waals surface area contributed by atoms with Gasteiger partial charge in [-0.3, -0.25) is 4.79 Å². The van der Waals surface area contributed by atoms with Crippen molar-refractivity contribution in [2.24, 2.45) is 5.92 Å². The van der Waals surface area contributed by atoms with E-state index in [4.69, 9.17) is 16.3 Å². The number of methoxy groups -OCH3 is 1. The van der Waals surface area contributed by atoms with Crippen LogP contribution in [0.3, 0.4) is 0 Å². The normalized spacial score (nSPS) is 25.1. The summed E-state index contributed by atoms with van der Waals surface area (Å²) in [7, 11) is 1.48. The molecule has 31 heavy (non-hydrogen) atoms. The van der Waals surface area contributed by atoms with Crippen LogP contribution >= 0.6 is 23.4 Å². The fourth-order valence-electron chi connectivity index (χ4n) is 4.35. The molecule has 1 saturated carbocycles. The number of hydrogen-bond donors (Lipinski definition) is 2. The fraction of sp³-hybridized carbons (Fsp3) is 0.375. The molecule has 7 heteroatoms. The second-order valence-corrected chi connectivity index (χ2v) is 9.61. The van der Waals surface area contributed by atoms with Crippen molar-refractivity contribution in [1.82, 2.24) is 4.90 Å². The van der Waals surface area contributed by atoms with Crippen LogP contribution in [0.1, 0.15) is 38.2 Å². The van der Waals surface area contributed by atoms with Gasteiger partial charge in [0.05, 0.1) is 17.0 Å². The number of rotatable bonds is 5. The van der Waals surface area contributed by atoms with E-state index in [0.29, 0.717) is 16.4 Å². The Morgan fingerprint density at radius 2 is 1.97 bits per heavy atom. The number of hydrogen-bond acceptors (Lipinski definition) is 5. The van der Waals surface area contributed by atoms with Crippen LogP contribution in [0, 0.1) is 5.92 Å². The Bertz CT molecular complexity index is 982. The van der Waals surface area contributed by atoms with Crippen LogP contribution in [-0.2, 0) is 4.79 Å². The number of halogens is 1. The number of para-hydroxylation sites is 1. The van der Waals surface area contributed by atoms with E-state index in [1.807, 2.05) is 41.3 Å². The van der Waals surface area contributed by atoms with Crippen molar-refractivity contribution in [3.63, 3.8) is 0 Å². The number of ether oxygens (including phenoxy) is 1. The average Bonchev–Trinajstić information content (AvgIpc) is 3.06. The zero-order valence-corrected chi connectivity index (χ0v) is 19.2. The standard InChI is InChI=1S/C24H27ClN2O3S/c1-15-8-6-7-11-19(15)27-23(29)21(31-24(27)26-17-9-4-3-5-10-17)14-16-12-18(25)22(28)20(13-16)30-2/h3-5,9-10,12-15,19,24,26,28H,6-8,11H2,1-2H3/b21-14-/t15-,19-,24?/m0/s1. The third-order valence-corrected chi connectivity index (χ3v) is 7.40. The quantitative estimate of drug-likeness (QED) is 0.542. The van der Waals surface area contributed by atoms with Gasteiger partial charge in [0.25, 0.3) is 5.91 Å². The number of anilines is 1. The third kappa shape index (κ3) is 4.65. The molecular weight excluding hydrogens is 432 g/mol. The number of phenolic OH excluding ortho intramolecular Hbond substituents is 1. The average molecular weight is 459 g/mol. The van der Waals surface area contributed by atoms with E-state index in [9.17, 15) is 9.90 Å². The Balaban J connectivity index is 1.67. The number of carbonyl (C=O) groups excluding carboxylic acids is 1. The molecule has 0 aromatic heterocycles. The Morgan fingerprint density at radius 1 is 1.23 bits per heavy atom. The van der Waals surface area contributed by atoms with E-state index in [0.717, 1.165) is 24.9 Å². The van der Waals surface area contributed by atoms with Gasteiger partial charge in [-0.05, 0) is 54.7 Å². The van der Waals surface area contributed by atoms with E-state index < -0.39 is 0 Å². The number of nitrogens with zero attached hydrogens (tertiary/aromatic N) is 1. The van der Waals surface area contributed by atoms with Gasteiger partial charge in [-0.2, -0.15) is 0 Å². The number of benzene rings is 2. The minimum atomic E-state index is -0.179. The first kappa shape index (κ1) is 21.9. The number of aromatic hydroxyl groups is 1. The van der Waals surface area contributed by atoms with Crippen molar-refractivity contribution >= 4 is 41.0 Å². The second kappa shape index (κ2) is 9.45. The molecule has 0 radical (unpaired) electrons. The molecule has 1 amide bonds. The van der Waals surface area contributed by atoms with Crippen molar-refractivity contribution in [3.8, 4) is 11.5 Å². The molecule has 0 bridgehead atoms. The molecule has 1 unspecified atom stereocenters. The largest absolute Gasteiger partial charge is 0.503 e. The van der Waals surface area contributed by atoms with Crippen LogP contribution < -0.4 is 10.1 Å². The summed E-state index contributed by atoms with van der Waals surface area (Å²) in [5, 5.41) is 13.7. The maximum Gasteiger partial charge on any atom is 0.262 e. The smallest absolute Gasteiger partial charge is 0.262 e. The highest BCUT2D eigenvalue weighted by Crippen LogP contribution is 2.43. The number of thioether (sulfide) groups is 1. The summed E-state index contributed by atoms with van der Waals surface area (Å²) in [4.78, 5) is 16.2. The van der Waals surface area contributed by atoms with E-state index in [-0.39, 0.29) is 34.0 Å². The number of carbonyl (C=O) groups is 1. The Morgan fingerprint density at radius 3 is 2.68 bits per heavy atom. The van der Waals surface area contributed by atoms with Gasteiger partial charge in [0, 0.05) is 11.7 Å². The van der Waals surface area contributed by atoms with Crippen LogP contribution in [0.2, 0.25) is 5.02 Å². The molecule has 2 aromatic rings. The summed E-state index contributed by atoms with van der Waals surface area (Å²) >= 11 is 7.67. The summed E-state index contributed by atoms with van der Waals surface area (Å²) < 4.78 is 5.21. The Labute approximate surface area is 192 Å². The molecule has 3 atom stereocenters. The third-order valence-electron chi connectivity index (χ3n) is 5.99. The molecule has 1 aliphatic heterocycles. The molecule has 2 N–H and O–H groups in total. The van der Waals surface area contributed by atoms with Gasteiger partial charge < -0.3 is 20.1 Å². The highest BCUT2D eigenvalue weighted by Gasteiger charge is 2.42. The minimum Gasteiger partial charge on any atom is -0.503 e. The Kier molecular flexibility index (Phi) is 6.68. The predicted molar refractivity (Wildman–Crippen MR) is 127 cm³/mol. The van der Waals surface area contributed by atoms with E-state index in [1.165, 1.54) is 25.3 Å². The van der Waals surface area contributed by atoms with Gasteiger partial charge in [-0.1, -0.05) is 61.3 Å². The summed E-state index contributed by atoms with van der Waals surface area (Å²) in [5.74, 6) is 0.672. The predicted octanol–water partition coefficient (Wildman–Crippen LogP) is 5.94. The molecule has 164 valence electrons. The van der Waals surface area contributed by atoms with Gasteiger partial charge in [0.15, 0.2) is 17.0 Å². The summed E-state index contributed by atoms with van der Waals surface area (Å²) in [6.45, 7) is 2.24. The lowest BCUT2D eigenvalue weighted by molar-refractivity contribution is -0.129. The molecule has 1 saturated heterocycles. The highest BCUT2D eigenvalue weighted by atomic mass is 35.5. The van der Waals surface area contributed by atoms with Gasteiger partial charge in [-0.25, -0.2) is 0 Å². The van der Waals surface area contributed by atoms with Gasteiger partial charge in [0.1, 0.15) is 0 Å². The van der Waals surface area contributed by atoms with E-state index in [1.54, 1.807) is 12.1 Å². The zero-order valence-electron chi connectivity index (χ0n) is 17.7. The topological polar surface area (TPSA) is 61.8 Å². The van der Waals surface area contributed by atoms with Crippen LogP contribution in [0.15, 0.2) is 47.4 Å². The van der Waals surface area contributed by atoms with Crippen LogP contribution in [0.25, 0.3) is 6.08 Å². The van der Waals surface area contributed by atoms with Crippen molar-refractivity contribution in [1.29, 1.82) is 0 Å². The first-order chi connectivity index (χ1) is 15.0. The monoisotopic (exact) mass is 458 g/mol. The lowest BCUT2D eigenvalue weighted by Gasteiger charge is -2.39. The van der Waals surface area contributed by atoms with Crippen molar-refractivity contribution in [3.05, 3.63) is 58.0 Å². The lowest BCUT2D eigenvalue weighted by atomic mass is 9.85. The summed E-state index contributed by atoms with van der Waals surface area (Å²) in [5.41, 5.74) is 1.52. The maximum atomic E-state index is 13.5. The molecule has 0 spiro atoms. The molecule has 4 rings (SSSR count). The summed E-state index contributed by atoms with van der Waals surface area (Å²) in [6.07, 6.45) is 6.35. The van der Waals surface area contributed by atoms with Crippen molar-refractivity contribution in [2.75, 3.05) is 12.4 Å². The van der Waals surface area contributed by atoms with E-state index in [2.05, 4.69) is 12.2 Å². The molecule has 2 fully saturated rings. The molecule has 5 nitrogen and oxygen atoms in total. The SMILES string of the molecule is COc1cc(/C=C2\SC(Nc3ccccc3)N([C@H]3CCCC[C@@H]3C)C2=O)cc(Cl)c1O. The number of nitrogens with one attached hydrogen (secondary N) is 1. The van der Waals surface area contributed by atoms with Crippen molar-refractivity contribution in [2.45, 2.75) is 44.1 Å². The number of amides is 1.